The second-order valence-electron chi connectivity index (χ2n) is 8.83. The molecule has 1 fully saturated rings. The predicted molar refractivity (Wildman–Crippen MR) is 134 cm³/mol. The Labute approximate surface area is 205 Å². The second-order valence-corrected chi connectivity index (χ2v) is 8.83. The first-order valence-corrected chi connectivity index (χ1v) is 12.0. The Morgan fingerprint density at radius 2 is 1.51 bits per heavy atom. The molecule has 1 N–H and O–H groups in total. The van der Waals surface area contributed by atoms with E-state index in [1.54, 1.807) is 4.90 Å². The van der Waals surface area contributed by atoms with Crippen molar-refractivity contribution in [3.63, 3.8) is 0 Å². The first-order chi connectivity index (χ1) is 17.2. The molecule has 180 valence electrons. The quantitative estimate of drug-likeness (QED) is 0.598. The summed E-state index contributed by atoms with van der Waals surface area (Å²) in [6.07, 6.45) is 0.121. The maximum atomic E-state index is 12.9. The molecule has 0 radical (unpaired) electrons. The van der Waals surface area contributed by atoms with E-state index in [1.165, 1.54) is 5.56 Å². The smallest absolute Gasteiger partial charge is 0.267 e. The monoisotopic (exact) mass is 471 g/mol. The lowest BCUT2D eigenvalue weighted by Crippen LogP contribution is -2.54. The van der Waals surface area contributed by atoms with Crippen LogP contribution < -0.4 is 14.8 Å². The van der Waals surface area contributed by atoms with Gasteiger partial charge in [-0.2, -0.15) is 0 Å². The number of anilines is 1. The highest BCUT2D eigenvalue weighted by molar-refractivity contribution is 5.93. The van der Waals surface area contributed by atoms with E-state index < -0.39 is 6.10 Å². The third-order valence-corrected chi connectivity index (χ3v) is 6.36. The molecule has 0 saturated carbocycles. The molecule has 2 amide bonds. The molecule has 0 unspecified atom stereocenters. The Hall–Kier alpha value is -3.84. The third kappa shape index (κ3) is 5.63. The van der Waals surface area contributed by atoms with Crippen LogP contribution in [0, 0.1) is 0 Å². The highest BCUT2D eigenvalue weighted by Crippen LogP contribution is 2.31. The summed E-state index contributed by atoms with van der Waals surface area (Å²) in [5.41, 5.74) is 3.12. The van der Waals surface area contributed by atoms with E-state index in [4.69, 9.17) is 9.47 Å². The molecular weight excluding hydrogens is 442 g/mol. The van der Waals surface area contributed by atoms with Gasteiger partial charge in [0.2, 0.25) is 12.0 Å². The summed E-state index contributed by atoms with van der Waals surface area (Å²) in [5.74, 6) is 1.14. The Morgan fingerprint density at radius 3 is 2.31 bits per heavy atom. The molecule has 3 aromatic carbocycles. The molecule has 35 heavy (non-hydrogen) atoms. The standard InChI is InChI=1S/C28H29N3O4/c32-27(29-23-11-5-4-10-22(23)18-21-8-2-1-3-9-21)19-30-14-16-31(17-15-30)28(33)26-20-34-24-12-6-7-13-25(24)35-26/h1-13,26H,14-20H2,(H,29,32)/t26-/m0/s1. The fourth-order valence-electron chi connectivity index (χ4n) is 4.48. The zero-order chi connectivity index (χ0) is 24.0. The molecule has 0 aliphatic carbocycles. The summed E-state index contributed by atoms with van der Waals surface area (Å²) in [5, 5.41) is 3.08. The molecule has 0 aromatic heterocycles. The van der Waals surface area contributed by atoms with Crippen molar-refractivity contribution in [2.75, 3.05) is 44.6 Å². The summed E-state index contributed by atoms with van der Waals surface area (Å²) >= 11 is 0. The van der Waals surface area contributed by atoms with Gasteiger partial charge in [-0.25, -0.2) is 0 Å². The highest BCUT2D eigenvalue weighted by atomic mass is 16.6. The molecule has 0 spiro atoms. The number of para-hydroxylation sites is 3. The van der Waals surface area contributed by atoms with Crippen LogP contribution in [0.4, 0.5) is 5.69 Å². The van der Waals surface area contributed by atoms with Crippen LogP contribution in [0.1, 0.15) is 11.1 Å². The van der Waals surface area contributed by atoms with Gasteiger partial charge in [-0.3, -0.25) is 14.5 Å². The Kier molecular flexibility index (Phi) is 6.95. The topological polar surface area (TPSA) is 71.1 Å². The molecular formula is C28H29N3O4. The molecule has 2 aliphatic rings. The highest BCUT2D eigenvalue weighted by Gasteiger charge is 2.32. The summed E-state index contributed by atoms with van der Waals surface area (Å²) in [4.78, 5) is 29.6. The first kappa shape index (κ1) is 22.9. The number of hydrogen-bond acceptors (Lipinski definition) is 5. The van der Waals surface area contributed by atoms with Crippen LogP contribution in [0.2, 0.25) is 0 Å². The number of nitrogens with one attached hydrogen (secondary N) is 1. The molecule has 0 bridgehead atoms. The number of hydrogen-bond donors (Lipinski definition) is 1. The number of rotatable bonds is 6. The number of piperazine rings is 1. The van der Waals surface area contributed by atoms with E-state index in [0.29, 0.717) is 37.7 Å². The van der Waals surface area contributed by atoms with Gasteiger partial charge in [0, 0.05) is 31.9 Å². The van der Waals surface area contributed by atoms with Crippen molar-refractivity contribution in [3.05, 3.63) is 90.0 Å². The molecule has 7 heteroatoms. The van der Waals surface area contributed by atoms with E-state index in [0.717, 1.165) is 17.7 Å². The van der Waals surface area contributed by atoms with Gasteiger partial charge in [0.25, 0.3) is 5.91 Å². The van der Waals surface area contributed by atoms with Crippen LogP contribution in [0.25, 0.3) is 0 Å². The van der Waals surface area contributed by atoms with Gasteiger partial charge in [-0.05, 0) is 35.7 Å². The maximum Gasteiger partial charge on any atom is 0.267 e. The van der Waals surface area contributed by atoms with Crippen LogP contribution in [0.5, 0.6) is 11.5 Å². The second kappa shape index (κ2) is 10.6. The van der Waals surface area contributed by atoms with Crippen LogP contribution in [-0.4, -0.2) is 67.0 Å². The van der Waals surface area contributed by atoms with E-state index in [-0.39, 0.29) is 25.0 Å². The predicted octanol–water partition coefficient (Wildman–Crippen LogP) is 3.20. The van der Waals surface area contributed by atoms with Crippen molar-refractivity contribution >= 4 is 17.5 Å². The van der Waals surface area contributed by atoms with Crippen LogP contribution in [0.3, 0.4) is 0 Å². The van der Waals surface area contributed by atoms with Gasteiger partial charge in [0.15, 0.2) is 11.5 Å². The van der Waals surface area contributed by atoms with Gasteiger partial charge in [-0.15, -0.1) is 0 Å². The largest absolute Gasteiger partial charge is 0.485 e. The fraction of sp³-hybridized carbons (Fsp3) is 0.286. The van der Waals surface area contributed by atoms with Crippen LogP contribution >= 0.6 is 0 Å². The zero-order valence-corrected chi connectivity index (χ0v) is 19.6. The Balaban J connectivity index is 1.11. The number of carbonyl (C=O) groups excluding carboxylic acids is 2. The minimum atomic E-state index is -0.638. The van der Waals surface area contributed by atoms with Gasteiger partial charge in [-0.1, -0.05) is 60.7 Å². The van der Waals surface area contributed by atoms with Crippen molar-refractivity contribution < 1.29 is 19.1 Å². The minimum absolute atomic E-state index is 0.0501. The van der Waals surface area contributed by atoms with E-state index in [2.05, 4.69) is 22.3 Å². The summed E-state index contributed by atoms with van der Waals surface area (Å²) in [7, 11) is 0. The molecule has 3 aromatic rings. The molecule has 1 saturated heterocycles. The van der Waals surface area contributed by atoms with E-state index in [1.807, 2.05) is 66.7 Å². The average Bonchev–Trinajstić information content (AvgIpc) is 2.90. The van der Waals surface area contributed by atoms with Gasteiger partial charge in [0.05, 0.1) is 6.54 Å². The van der Waals surface area contributed by atoms with Gasteiger partial charge >= 0.3 is 0 Å². The lowest BCUT2D eigenvalue weighted by atomic mass is 10.0. The fourth-order valence-corrected chi connectivity index (χ4v) is 4.48. The van der Waals surface area contributed by atoms with Gasteiger partial charge in [0.1, 0.15) is 6.61 Å². The molecule has 2 aliphatic heterocycles. The lowest BCUT2D eigenvalue weighted by molar-refractivity contribution is -0.143. The summed E-state index contributed by atoms with van der Waals surface area (Å²) in [6, 6.07) is 25.5. The number of nitrogens with zero attached hydrogens (tertiary/aromatic N) is 2. The SMILES string of the molecule is O=C(CN1CCN(C(=O)[C@@H]2COc3ccccc3O2)CC1)Nc1ccccc1Cc1ccccc1. The maximum absolute atomic E-state index is 12.9. The minimum Gasteiger partial charge on any atom is -0.485 e. The zero-order valence-electron chi connectivity index (χ0n) is 19.6. The molecule has 7 nitrogen and oxygen atoms in total. The average molecular weight is 472 g/mol. The van der Waals surface area contributed by atoms with E-state index in [9.17, 15) is 9.59 Å². The number of benzene rings is 3. The van der Waals surface area contributed by atoms with E-state index >= 15 is 0 Å². The Morgan fingerprint density at radius 1 is 0.829 bits per heavy atom. The summed E-state index contributed by atoms with van der Waals surface area (Å²) in [6.45, 7) is 2.87. The van der Waals surface area contributed by atoms with Crippen LogP contribution in [-0.2, 0) is 16.0 Å². The van der Waals surface area contributed by atoms with Crippen LogP contribution in [0.15, 0.2) is 78.9 Å². The van der Waals surface area contributed by atoms with Crippen molar-refractivity contribution in [1.82, 2.24) is 9.80 Å². The normalized spacial score (nSPS) is 17.6. The van der Waals surface area contributed by atoms with Crippen molar-refractivity contribution in [2.24, 2.45) is 0 Å². The third-order valence-electron chi connectivity index (χ3n) is 6.36. The molecule has 2 heterocycles. The molecule has 5 rings (SSSR count). The van der Waals surface area contributed by atoms with Gasteiger partial charge < -0.3 is 19.7 Å². The van der Waals surface area contributed by atoms with Crippen molar-refractivity contribution in [1.29, 1.82) is 0 Å². The summed E-state index contributed by atoms with van der Waals surface area (Å²) < 4.78 is 11.6. The lowest BCUT2D eigenvalue weighted by Gasteiger charge is -2.36. The van der Waals surface area contributed by atoms with Crippen molar-refractivity contribution in [3.8, 4) is 11.5 Å². The number of ether oxygens (including phenoxy) is 2. The van der Waals surface area contributed by atoms with Crippen molar-refractivity contribution in [2.45, 2.75) is 12.5 Å². The molecule has 1 atom stereocenters. The Bertz CT molecular complexity index is 1180. The number of fused-ring (bicyclic) bond motifs is 1. The number of carbonyl (C=O) groups is 2. The number of amides is 2. The first-order valence-electron chi connectivity index (χ1n) is 12.0.